The molecule has 0 bridgehead atoms. The van der Waals surface area contributed by atoms with Crippen LogP contribution in [0.5, 0.6) is 0 Å². The lowest BCUT2D eigenvalue weighted by atomic mass is 9.93. The Kier molecular flexibility index (Phi) is 5.44. The van der Waals surface area contributed by atoms with Gasteiger partial charge in [0.15, 0.2) is 0 Å². The summed E-state index contributed by atoms with van der Waals surface area (Å²) < 4.78 is 0. The molecule has 2 unspecified atom stereocenters. The fourth-order valence-electron chi connectivity index (χ4n) is 3.80. The summed E-state index contributed by atoms with van der Waals surface area (Å²) in [6.45, 7) is 4.25. The highest BCUT2D eigenvalue weighted by atomic mass is 35.5. The van der Waals surface area contributed by atoms with E-state index in [1.54, 1.807) is 24.3 Å². The molecule has 2 heterocycles. The molecule has 1 aromatic carbocycles. The molecule has 24 heavy (non-hydrogen) atoms. The summed E-state index contributed by atoms with van der Waals surface area (Å²) in [5.41, 5.74) is 0.638. The number of hydrogen-bond acceptors (Lipinski definition) is 2. The lowest BCUT2D eigenvalue weighted by molar-refractivity contribution is -0.140. The monoisotopic (exact) mass is 348 g/mol. The molecular weight excluding hydrogens is 324 g/mol. The van der Waals surface area contributed by atoms with E-state index >= 15 is 0 Å². The van der Waals surface area contributed by atoms with Crippen LogP contribution in [0, 0.1) is 5.92 Å². The van der Waals surface area contributed by atoms with E-state index in [-0.39, 0.29) is 17.7 Å². The Labute approximate surface area is 148 Å². The topological polar surface area (TPSA) is 40.6 Å². The summed E-state index contributed by atoms with van der Waals surface area (Å²) in [5, 5.41) is 0.623. The highest BCUT2D eigenvalue weighted by molar-refractivity contribution is 6.30. The number of carbonyl (C=O) groups excluding carboxylic acids is 2. The Morgan fingerprint density at radius 1 is 1.04 bits per heavy atom. The number of carbonyl (C=O) groups is 2. The van der Waals surface area contributed by atoms with E-state index in [9.17, 15) is 9.59 Å². The van der Waals surface area contributed by atoms with Gasteiger partial charge in [-0.05, 0) is 63.3 Å². The molecule has 0 saturated carbocycles. The molecule has 4 nitrogen and oxygen atoms in total. The van der Waals surface area contributed by atoms with Crippen LogP contribution in [0.1, 0.15) is 49.4 Å². The second-order valence-electron chi connectivity index (χ2n) is 6.97. The van der Waals surface area contributed by atoms with Gasteiger partial charge in [0.2, 0.25) is 5.91 Å². The summed E-state index contributed by atoms with van der Waals surface area (Å²) >= 11 is 5.89. The Morgan fingerprint density at radius 2 is 1.79 bits per heavy atom. The van der Waals surface area contributed by atoms with E-state index in [4.69, 9.17) is 11.6 Å². The van der Waals surface area contributed by atoms with Crippen molar-refractivity contribution in [1.82, 2.24) is 9.80 Å². The van der Waals surface area contributed by atoms with Gasteiger partial charge < -0.3 is 9.80 Å². The van der Waals surface area contributed by atoms with Crippen molar-refractivity contribution >= 4 is 23.4 Å². The first-order valence-corrected chi connectivity index (χ1v) is 9.29. The SMILES string of the molecule is CC1CCCCN1C(=O)C1CCCN(C(=O)c2ccc(Cl)cc2)C1. The minimum Gasteiger partial charge on any atom is -0.340 e. The quantitative estimate of drug-likeness (QED) is 0.819. The highest BCUT2D eigenvalue weighted by Crippen LogP contribution is 2.25. The van der Waals surface area contributed by atoms with Gasteiger partial charge in [0, 0.05) is 36.3 Å². The molecule has 3 rings (SSSR count). The van der Waals surface area contributed by atoms with Crippen molar-refractivity contribution in [2.75, 3.05) is 19.6 Å². The molecule has 0 aliphatic carbocycles. The van der Waals surface area contributed by atoms with Gasteiger partial charge in [0.1, 0.15) is 0 Å². The first-order valence-electron chi connectivity index (χ1n) is 8.91. The van der Waals surface area contributed by atoms with Crippen LogP contribution in [0.2, 0.25) is 5.02 Å². The molecule has 0 radical (unpaired) electrons. The maximum Gasteiger partial charge on any atom is 0.253 e. The van der Waals surface area contributed by atoms with Crippen molar-refractivity contribution in [3.8, 4) is 0 Å². The Morgan fingerprint density at radius 3 is 2.50 bits per heavy atom. The van der Waals surface area contributed by atoms with E-state index in [0.29, 0.717) is 23.2 Å². The highest BCUT2D eigenvalue weighted by Gasteiger charge is 2.33. The average molecular weight is 349 g/mol. The summed E-state index contributed by atoms with van der Waals surface area (Å²) in [5.74, 6) is 0.169. The zero-order valence-electron chi connectivity index (χ0n) is 14.2. The maximum absolute atomic E-state index is 12.9. The number of benzene rings is 1. The molecule has 0 spiro atoms. The lowest BCUT2D eigenvalue weighted by Gasteiger charge is -2.39. The number of likely N-dealkylation sites (tertiary alicyclic amines) is 2. The van der Waals surface area contributed by atoms with Gasteiger partial charge in [0.05, 0.1) is 5.92 Å². The third-order valence-corrected chi connectivity index (χ3v) is 5.49. The normalized spacial score (nSPS) is 24.8. The van der Waals surface area contributed by atoms with Crippen LogP contribution in [0.3, 0.4) is 0 Å². The van der Waals surface area contributed by atoms with Crippen LogP contribution in [0.25, 0.3) is 0 Å². The molecule has 2 aliphatic heterocycles. The van der Waals surface area contributed by atoms with Gasteiger partial charge in [-0.1, -0.05) is 11.6 Å². The molecule has 2 atom stereocenters. The van der Waals surface area contributed by atoms with Crippen LogP contribution in [-0.4, -0.2) is 47.3 Å². The number of amides is 2. The summed E-state index contributed by atoms with van der Waals surface area (Å²) in [6, 6.07) is 7.30. The van der Waals surface area contributed by atoms with Crippen molar-refractivity contribution in [2.45, 2.75) is 45.1 Å². The van der Waals surface area contributed by atoms with Gasteiger partial charge in [-0.2, -0.15) is 0 Å². The first kappa shape index (κ1) is 17.3. The van der Waals surface area contributed by atoms with E-state index in [0.717, 1.165) is 38.8 Å². The third-order valence-electron chi connectivity index (χ3n) is 5.24. The number of piperidine rings is 2. The van der Waals surface area contributed by atoms with E-state index in [2.05, 4.69) is 6.92 Å². The van der Waals surface area contributed by atoms with Crippen LogP contribution >= 0.6 is 11.6 Å². The number of nitrogens with zero attached hydrogens (tertiary/aromatic N) is 2. The number of halogens is 1. The molecule has 130 valence electrons. The molecule has 2 aliphatic rings. The van der Waals surface area contributed by atoms with Gasteiger partial charge in [0.25, 0.3) is 5.91 Å². The summed E-state index contributed by atoms with van der Waals surface area (Å²) in [4.78, 5) is 29.4. The predicted molar refractivity (Wildman–Crippen MR) is 95.1 cm³/mol. The third kappa shape index (κ3) is 3.75. The summed E-state index contributed by atoms with van der Waals surface area (Å²) in [6.07, 6.45) is 5.16. The molecule has 0 N–H and O–H groups in total. The molecule has 0 aromatic heterocycles. The van der Waals surface area contributed by atoms with Gasteiger partial charge in [-0.15, -0.1) is 0 Å². The van der Waals surface area contributed by atoms with Gasteiger partial charge >= 0.3 is 0 Å². The van der Waals surface area contributed by atoms with E-state index in [1.165, 1.54) is 6.42 Å². The molecule has 5 heteroatoms. The van der Waals surface area contributed by atoms with Crippen molar-refractivity contribution in [3.63, 3.8) is 0 Å². The van der Waals surface area contributed by atoms with Gasteiger partial charge in [-0.3, -0.25) is 9.59 Å². The average Bonchev–Trinajstić information content (AvgIpc) is 2.62. The van der Waals surface area contributed by atoms with Gasteiger partial charge in [-0.25, -0.2) is 0 Å². The number of hydrogen-bond donors (Lipinski definition) is 0. The largest absolute Gasteiger partial charge is 0.340 e. The lowest BCUT2D eigenvalue weighted by Crippen LogP contribution is -2.50. The van der Waals surface area contributed by atoms with Crippen molar-refractivity contribution in [3.05, 3.63) is 34.9 Å². The van der Waals surface area contributed by atoms with Crippen LogP contribution in [-0.2, 0) is 4.79 Å². The van der Waals surface area contributed by atoms with Crippen LogP contribution in [0.15, 0.2) is 24.3 Å². The minimum atomic E-state index is -0.0597. The zero-order chi connectivity index (χ0) is 17.1. The minimum absolute atomic E-state index is 0.00383. The molecule has 2 amide bonds. The first-order chi connectivity index (χ1) is 11.6. The van der Waals surface area contributed by atoms with E-state index < -0.39 is 0 Å². The van der Waals surface area contributed by atoms with Crippen LogP contribution < -0.4 is 0 Å². The summed E-state index contributed by atoms with van der Waals surface area (Å²) in [7, 11) is 0. The molecular formula is C19H25ClN2O2. The second kappa shape index (κ2) is 7.56. The fourth-order valence-corrected chi connectivity index (χ4v) is 3.92. The van der Waals surface area contributed by atoms with Crippen LogP contribution in [0.4, 0.5) is 0 Å². The van der Waals surface area contributed by atoms with Crippen molar-refractivity contribution in [2.24, 2.45) is 5.92 Å². The second-order valence-corrected chi connectivity index (χ2v) is 7.41. The predicted octanol–water partition coefficient (Wildman–Crippen LogP) is 3.59. The maximum atomic E-state index is 12.9. The smallest absolute Gasteiger partial charge is 0.253 e. The van der Waals surface area contributed by atoms with Crippen molar-refractivity contribution in [1.29, 1.82) is 0 Å². The Balaban J connectivity index is 1.66. The molecule has 1 aromatic rings. The van der Waals surface area contributed by atoms with E-state index in [1.807, 2.05) is 9.80 Å². The zero-order valence-corrected chi connectivity index (χ0v) is 15.0. The Hall–Kier alpha value is -1.55. The van der Waals surface area contributed by atoms with Crippen molar-refractivity contribution < 1.29 is 9.59 Å². The molecule has 2 saturated heterocycles. The standard InChI is InChI=1S/C19H25ClN2O2/c1-14-5-2-3-12-22(14)19(24)16-6-4-11-21(13-16)18(23)15-7-9-17(20)10-8-15/h7-10,14,16H,2-6,11-13H2,1H3. The fraction of sp³-hybridized carbons (Fsp3) is 0.579. The molecule has 2 fully saturated rings. The Bertz CT molecular complexity index is 602. The number of rotatable bonds is 2.